The minimum atomic E-state index is -0.462. The van der Waals surface area contributed by atoms with Crippen molar-refractivity contribution in [1.29, 1.82) is 0 Å². The molecule has 1 spiro atoms. The van der Waals surface area contributed by atoms with Crippen LogP contribution in [0.15, 0.2) is 0 Å². The molecule has 0 radical (unpaired) electrons. The first kappa shape index (κ1) is 24.1. The van der Waals surface area contributed by atoms with E-state index in [1.165, 1.54) is 4.90 Å². The minimum absolute atomic E-state index is 0.156. The van der Waals surface area contributed by atoms with E-state index in [2.05, 4.69) is 12.2 Å². The maximum absolute atomic E-state index is 13.2. The SMILES string of the molecule is CCCCN(C(=O)NCCN(C)C)C(=O)C(CN)CC1CCCC2(C1)OCCO2. The normalized spacial score (nSPS) is 22.0. The predicted octanol–water partition coefficient (Wildman–Crippen LogP) is 1.78. The first-order chi connectivity index (χ1) is 13.9. The lowest BCUT2D eigenvalue weighted by molar-refractivity contribution is -0.188. The number of amides is 3. The highest BCUT2D eigenvalue weighted by Crippen LogP contribution is 2.41. The second-order valence-electron chi connectivity index (χ2n) is 8.62. The summed E-state index contributed by atoms with van der Waals surface area (Å²) >= 11 is 0. The molecular weight excluding hydrogens is 372 g/mol. The van der Waals surface area contributed by atoms with Crippen molar-refractivity contribution in [3.05, 3.63) is 0 Å². The van der Waals surface area contributed by atoms with Gasteiger partial charge in [0.25, 0.3) is 0 Å². The molecule has 0 aromatic carbocycles. The van der Waals surface area contributed by atoms with Gasteiger partial charge in [-0.15, -0.1) is 0 Å². The highest BCUT2D eigenvalue weighted by atomic mass is 16.7. The van der Waals surface area contributed by atoms with E-state index < -0.39 is 5.79 Å². The van der Waals surface area contributed by atoms with Gasteiger partial charge in [-0.05, 0) is 39.3 Å². The Kier molecular flexibility index (Phi) is 9.82. The summed E-state index contributed by atoms with van der Waals surface area (Å²) in [5, 5.41) is 2.87. The molecule has 1 saturated carbocycles. The molecule has 0 aromatic heterocycles. The average molecular weight is 413 g/mol. The van der Waals surface area contributed by atoms with Crippen molar-refractivity contribution in [1.82, 2.24) is 15.1 Å². The number of nitrogens with two attached hydrogens (primary N) is 1. The Bertz CT molecular complexity index is 523. The summed E-state index contributed by atoms with van der Waals surface area (Å²) in [6.07, 6.45) is 6.18. The van der Waals surface area contributed by atoms with Crippen molar-refractivity contribution < 1.29 is 19.1 Å². The number of unbranched alkanes of at least 4 members (excludes halogenated alkanes) is 1. The van der Waals surface area contributed by atoms with Crippen molar-refractivity contribution in [2.24, 2.45) is 17.6 Å². The molecule has 29 heavy (non-hydrogen) atoms. The van der Waals surface area contributed by atoms with Gasteiger partial charge < -0.3 is 25.4 Å². The molecule has 0 bridgehead atoms. The summed E-state index contributed by atoms with van der Waals surface area (Å²) in [6, 6.07) is -0.314. The van der Waals surface area contributed by atoms with E-state index in [0.29, 0.717) is 38.6 Å². The summed E-state index contributed by atoms with van der Waals surface area (Å²) in [6.45, 7) is 5.25. The number of likely N-dealkylation sites (N-methyl/N-ethyl adjacent to an activating group) is 1. The van der Waals surface area contributed by atoms with E-state index in [1.54, 1.807) is 0 Å². The zero-order valence-corrected chi connectivity index (χ0v) is 18.5. The minimum Gasteiger partial charge on any atom is -0.348 e. The van der Waals surface area contributed by atoms with Crippen LogP contribution in [0.25, 0.3) is 0 Å². The molecule has 1 heterocycles. The van der Waals surface area contributed by atoms with E-state index in [-0.39, 0.29) is 24.4 Å². The highest BCUT2D eigenvalue weighted by molar-refractivity contribution is 5.95. The van der Waals surface area contributed by atoms with Gasteiger partial charge in [-0.3, -0.25) is 9.69 Å². The van der Waals surface area contributed by atoms with Gasteiger partial charge in [0.2, 0.25) is 5.91 Å². The van der Waals surface area contributed by atoms with Gasteiger partial charge in [0.1, 0.15) is 0 Å². The summed E-state index contributed by atoms with van der Waals surface area (Å²) in [4.78, 5) is 29.3. The number of carbonyl (C=O) groups is 2. The van der Waals surface area contributed by atoms with Crippen molar-refractivity contribution in [2.45, 2.75) is 57.7 Å². The second kappa shape index (κ2) is 11.8. The topological polar surface area (TPSA) is 97.1 Å². The van der Waals surface area contributed by atoms with Crippen LogP contribution in [-0.2, 0) is 14.3 Å². The molecule has 168 valence electrons. The number of urea groups is 1. The van der Waals surface area contributed by atoms with Crippen LogP contribution < -0.4 is 11.1 Å². The van der Waals surface area contributed by atoms with Crippen LogP contribution >= 0.6 is 0 Å². The highest BCUT2D eigenvalue weighted by Gasteiger charge is 2.42. The number of rotatable bonds is 10. The first-order valence-corrected chi connectivity index (χ1v) is 11.1. The molecule has 8 nitrogen and oxygen atoms in total. The number of nitrogens with one attached hydrogen (secondary N) is 1. The predicted molar refractivity (Wildman–Crippen MR) is 112 cm³/mol. The van der Waals surface area contributed by atoms with E-state index in [4.69, 9.17) is 15.2 Å². The molecule has 3 N–H and O–H groups in total. The van der Waals surface area contributed by atoms with Gasteiger partial charge in [0.05, 0.1) is 19.1 Å². The van der Waals surface area contributed by atoms with Crippen LogP contribution in [0, 0.1) is 11.8 Å². The Morgan fingerprint density at radius 3 is 2.59 bits per heavy atom. The number of hydrogen-bond acceptors (Lipinski definition) is 6. The van der Waals surface area contributed by atoms with Crippen LogP contribution in [0.3, 0.4) is 0 Å². The van der Waals surface area contributed by atoms with Crippen molar-refractivity contribution in [3.63, 3.8) is 0 Å². The Labute approximate surface area is 175 Å². The second-order valence-corrected chi connectivity index (χ2v) is 8.62. The lowest BCUT2D eigenvalue weighted by Gasteiger charge is -2.37. The molecule has 1 saturated heterocycles. The molecule has 0 aromatic rings. The fraction of sp³-hybridized carbons (Fsp3) is 0.905. The fourth-order valence-corrected chi connectivity index (χ4v) is 4.29. The number of hydrogen-bond donors (Lipinski definition) is 2. The zero-order chi connectivity index (χ0) is 21.3. The molecule has 2 fully saturated rings. The Morgan fingerprint density at radius 2 is 1.97 bits per heavy atom. The summed E-state index contributed by atoms with van der Waals surface area (Å²) in [7, 11) is 3.90. The number of ether oxygens (including phenoxy) is 2. The maximum Gasteiger partial charge on any atom is 0.324 e. The third kappa shape index (κ3) is 7.20. The lowest BCUT2D eigenvalue weighted by Crippen LogP contribution is -2.49. The Balaban J connectivity index is 1.97. The van der Waals surface area contributed by atoms with Crippen LogP contribution in [0.5, 0.6) is 0 Å². The summed E-state index contributed by atoms with van der Waals surface area (Å²) in [5.74, 6) is -0.648. The van der Waals surface area contributed by atoms with Crippen molar-refractivity contribution in [2.75, 3.05) is 53.5 Å². The lowest BCUT2D eigenvalue weighted by atomic mass is 9.79. The molecule has 2 rings (SSSR count). The van der Waals surface area contributed by atoms with Gasteiger partial charge in [0.15, 0.2) is 5.79 Å². The van der Waals surface area contributed by atoms with Gasteiger partial charge >= 0.3 is 6.03 Å². The van der Waals surface area contributed by atoms with E-state index in [1.807, 2.05) is 19.0 Å². The van der Waals surface area contributed by atoms with Gasteiger partial charge in [-0.1, -0.05) is 19.8 Å². The number of carbonyl (C=O) groups excluding carboxylic acids is 2. The quantitative estimate of drug-likeness (QED) is 0.568. The molecule has 8 heteroatoms. The van der Waals surface area contributed by atoms with Crippen LogP contribution in [0.4, 0.5) is 4.79 Å². The molecule has 1 aliphatic heterocycles. The Hall–Kier alpha value is -1.22. The molecule has 2 aliphatic rings. The van der Waals surface area contributed by atoms with Gasteiger partial charge in [0, 0.05) is 39.0 Å². The van der Waals surface area contributed by atoms with Crippen LogP contribution in [-0.4, -0.2) is 81.0 Å². The van der Waals surface area contributed by atoms with Crippen molar-refractivity contribution >= 4 is 11.9 Å². The molecular formula is C21H40N4O4. The first-order valence-electron chi connectivity index (χ1n) is 11.1. The van der Waals surface area contributed by atoms with E-state index in [9.17, 15) is 9.59 Å². The third-order valence-electron chi connectivity index (χ3n) is 5.92. The van der Waals surface area contributed by atoms with E-state index >= 15 is 0 Å². The monoisotopic (exact) mass is 412 g/mol. The fourth-order valence-electron chi connectivity index (χ4n) is 4.29. The molecule has 2 unspecified atom stereocenters. The largest absolute Gasteiger partial charge is 0.348 e. The standard InChI is InChI=1S/C21H40N4O4/c1-4-5-10-25(20(27)23-9-11-24(2)3)19(26)18(16-22)14-17-7-6-8-21(15-17)28-12-13-29-21/h17-18H,4-16,22H2,1-3H3,(H,23,27). The maximum atomic E-state index is 13.2. The molecule has 3 amide bonds. The van der Waals surface area contributed by atoms with E-state index in [0.717, 1.165) is 45.1 Å². The molecule has 2 atom stereocenters. The summed E-state index contributed by atoms with van der Waals surface area (Å²) in [5.41, 5.74) is 5.99. The zero-order valence-electron chi connectivity index (χ0n) is 18.5. The molecule has 1 aliphatic carbocycles. The van der Waals surface area contributed by atoms with Gasteiger partial charge in [-0.2, -0.15) is 0 Å². The number of nitrogens with zero attached hydrogens (tertiary/aromatic N) is 2. The Morgan fingerprint density at radius 1 is 1.24 bits per heavy atom. The summed E-state index contributed by atoms with van der Waals surface area (Å²) < 4.78 is 11.7. The average Bonchev–Trinajstić information content (AvgIpc) is 3.13. The van der Waals surface area contributed by atoms with Crippen LogP contribution in [0.2, 0.25) is 0 Å². The number of imide groups is 1. The van der Waals surface area contributed by atoms with Crippen molar-refractivity contribution in [3.8, 4) is 0 Å². The smallest absolute Gasteiger partial charge is 0.324 e. The van der Waals surface area contributed by atoms with Gasteiger partial charge in [-0.25, -0.2) is 4.79 Å². The third-order valence-corrected chi connectivity index (χ3v) is 5.92. The van der Waals surface area contributed by atoms with Crippen LogP contribution in [0.1, 0.15) is 51.9 Å².